The predicted octanol–water partition coefficient (Wildman–Crippen LogP) is 3.26. The second kappa shape index (κ2) is 4.74. The Morgan fingerprint density at radius 3 is 2.36 bits per heavy atom. The van der Waals surface area contributed by atoms with Crippen molar-refractivity contribution in [2.24, 2.45) is 0 Å². The van der Waals surface area contributed by atoms with E-state index >= 15 is 0 Å². The van der Waals surface area contributed by atoms with E-state index in [9.17, 15) is 0 Å². The van der Waals surface area contributed by atoms with Gasteiger partial charge in [-0.25, -0.2) is 9.97 Å². The Balaban J connectivity index is 2.07. The summed E-state index contributed by atoms with van der Waals surface area (Å²) in [5.41, 5.74) is 1.01. The van der Waals surface area contributed by atoms with Crippen LogP contribution in [0.25, 0.3) is 0 Å². The summed E-state index contributed by atoms with van der Waals surface area (Å²) in [4.78, 5) is 8.76. The largest absolute Gasteiger partial charge is 0.241 e. The number of nitrogens with zero attached hydrogens (tertiary/aromatic N) is 2. The van der Waals surface area contributed by atoms with Gasteiger partial charge in [0, 0.05) is 23.9 Å². The fourth-order valence-electron chi connectivity index (χ4n) is 2.01. The highest BCUT2D eigenvalue weighted by molar-refractivity contribution is 6.17. The van der Waals surface area contributed by atoms with Gasteiger partial charge in [0.1, 0.15) is 5.82 Å². The summed E-state index contributed by atoms with van der Waals surface area (Å²) in [5.74, 6) is 2.11. The third-order valence-corrected chi connectivity index (χ3v) is 3.16. The first kappa shape index (κ1) is 9.91. The highest BCUT2D eigenvalue weighted by atomic mass is 35.5. The summed E-state index contributed by atoms with van der Waals surface area (Å²) in [6, 6.07) is 0. The highest BCUT2D eigenvalue weighted by Gasteiger charge is 2.17. The smallest absolute Gasteiger partial charge is 0.131 e. The Morgan fingerprint density at radius 2 is 1.79 bits per heavy atom. The number of alkyl halides is 1. The average molecular weight is 211 g/mol. The maximum atomic E-state index is 5.69. The van der Waals surface area contributed by atoms with E-state index in [1.807, 2.05) is 12.4 Å². The molecule has 0 unspecified atom stereocenters. The lowest BCUT2D eigenvalue weighted by molar-refractivity contribution is 0.428. The van der Waals surface area contributed by atoms with E-state index in [0.717, 1.165) is 11.4 Å². The lowest BCUT2D eigenvalue weighted by Gasteiger charge is -2.19. The zero-order chi connectivity index (χ0) is 9.80. The van der Waals surface area contributed by atoms with E-state index in [1.165, 1.54) is 32.1 Å². The van der Waals surface area contributed by atoms with Crippen LogP contribution >= 0.6 is 11.6 Å². The first-order valence-corrected chi connectivity index (χ1v) is 5.80. The van der Waals surface area contributed by atoms with Gasteiger partial charge in [-0.2, -0.15) is 0 Å². The lowest BCUT2D eigenvalue weighted by Crippen LogP contribution is -2.08. The first-order valence-electron chi connectivity index (χ1n) is 5.27. The molecule has 1 aliphatic carbocycles. The molecule has 0 spiro atoms. The van der Waals surface area contributed by atoms with Crippen LogP contribution in [0.1, 0.15) is 49.4 Å². The molecule has 2 rings (SSSR count). The molecule has 0 radical (unpaired) electrons. The Kier molecular flexibility index (Phi) is 3.35. The molecular formula is C11H15ClN2. The van der Waals surface area contributed by atoms with Gasteiger partial charge in [0.25, 0.3) is 0 Å². The second-order valence-corrected chi connectivity index (χ2v) is 4.19. The summed E-state index contributed by atoms with van der Waals surface area (Å²) in [7, 11) is 0. The third kappa shape index (κ3) is 2.24. The van der Waals surface area contributed by atoms with Gasteiger partial charge in [0.15, 0.2) is 0 Å². The summed E-state index contributed by atoms with van der Waals surface area (Å²) in [6.07, 6.45) is 10.2. The van der Waals surface area contributed by atoms with Crippen LogP contribution in [0.5, 0.6) is 0 Å². The summed E-state index contributed by atoms with van der Waals surface area (Å²) >= 11 is 5.69. The molecule has 0 N–H and O–H groups in total. The molecule has 14 heavy (non-hydrogen) atoms. The molecule has 1 fully saturated rings. The fourth-order valence-corrected chi connectivity index (χ4v) is 2.14. The van der Waals surface area contributed by atoms with Gasteiger partial charge >= 0.3 is 0 Å². The average Bonchev–Trinajstić information content (AvgIpc) is 2.30. The Hall–Kier alpha value is -0.630. The van der Waals surface area contributed by atoms with Crippen LogP contribution in [0.3, 0.4) is 0 Å². The Morgan fingerprint density at radius 1 is 1.14 bits per heavy atom. The molecule has 0 saturated heterocycles. The van der Waals surface area contributed by atoms with Gasteiger partial charge in [0.05, 0.1) is 5.88 Å². The molecule has 1 saturated carbocycles. The van der Waals surface area contributed by atoms with Gasteiger partial charge in [-0.3, -0.25) is 0 Å². The predicted molar refractivity (Wildman–Crippen MR) is 57.4 cm³/mol. The van der Waals surface area contributed by atoms with Gasteiger partial charge in [-0.05, 0) is 12.8 Å². The summed E-state index contributed by atoms with van der Waals surface area (Å²) in [6.45, 7) is 0. The Labute approximate surface area is 89.7 Å². The van der Waals surface area contributed by atoms with Gasteiger partial charge in [-0.1, -0.05) is 19.3 Å². The van der Waals surface area contributed by atoms with Crippen LogP contribution < -0.4 is 0 Å². The molecule has 3 heteroatoms. The minimum atomic E-state index is 0.505. The zero-order valence-electron chi connectivity index (χ0n) is 8.25. The molecule has 0 atom stereocenters. The highest BCUT2D eigenvalue weighted by Crippen LogP contribution is 2.30. The topological polar surface area (TPSA) is 25.8 Å². The van der Waals surface area contributed by atoms with Crippen molar-refractivity contribution in [1.82, 2.24) is 9.97 Å². The van der Waals surface area contributed by atoms with Crippen LogP contribution in [0.2, 0.25) is 0 Å². The molecule has 76 valence electrons. The first-order chi connectivity index (χ1) is 6.90. The van der Waals surface area contributed by atoms with E-state index in [-0.39, 0.29) is 0 Å². The van der Waals surface area contributed by atoms with Crippen LogP contribution in [0, 0.1) is 0 Å². The number of hydrogen-bond donors (Lipinski definition) is 0. The van der Waals surface area contributed by atoms with E-state index < -0.39 is 0 Å². The SMILES string of the molecule is ClCc1cnc(C2CCCCC2)nc1. The van der Waals surface area contributed by atoms with E-state index in [0.29, 0.717) is 11.8 Å². The molecule has 2 nitrogen and oxygen atoms in total. The number of rotatable bonds is 2. The molecule has 1 aliphatic rings. The molecule has 0 amide bonds. The lowest BCUT2D eigenvalue weighted by atomic mass is 9.89. The van der Waals surface area contributed by atoms with Crippen LogP contribution in [0.15, 0.2) is 12.4 Å². The van der Waals surface area contributed by atoms with E-state index in [2.05, 4.69) is 9.97 Å². The quantitative estimate of drug-likeness (QED) is 0.701. The molecule has 1 aromatic heterocycles. The van der Waals surface area contributed by atoms with Gasteiger partial charge in [0.2, 0.25) is 0 Å². The molecule has 1 aromatic rings. The zero-order valence-corrected chi connectivity index (χ0v) is 9.00. The van der Waals surface area contributed by atoms with E-state index in [1.54, 1.807) is 0 Å². The standard InChI is InChI=1S/C11H15ClN2/c12-6-9-7-13-11(14-8-9)10-4-2-1-3-5-10/h7-8,10H,1-6H2. The van der Waals surface area contributed by atoms with Gasteiger partial charge < -0.3 is 0 Å². The maximum Gasteiger partial charge on any atom is 0.131 e. The van der Waals surface area contributed by atoms with Crippen LogP contribution in [-0.4, -0.2) is 9.97 Å². The van der Waals surface area contributed by atoms with Crippen molar-refractivity contribution >= 4 is 11.6 Å². The van der Waals surface area contributed by atoms with Crippen LogP contribution in [0.4, 0.5) is 0 Å². The van der Waals surface area contributed by atoms with Crippen molar-refractivity contribution in [3.05, 3.63) is 23.8 Å². The molecule has 0 aromatic carbocycles. The molecular weight excluding hydrogens is 196 g/mol. The molecule has 0 aliphatic heterocycles. The monoisotopic (exact) mass is 210 g/mol. The van der Waals surface area contributed by atoms with Crippen molar-refractivity contribution in [3.8, 4) is 0 Å². The van der Waals surface area contributed by atoms with Crippen molar-refractivity contribution < 1.29 is 0 Å². The number of aromatic nitrogens is 2. The van der Waals surface area contributed by atoms with Crippen molar-refractivity contribution in [2.75, 3.05) is 0 Å². The minimum absolute atomic E-state index is 0.505. The molecule has 1 heterocycles. The van der Waals surface area contributed by atoms with Crippen LogP contribution in [-0.2, 0) is 5.88 Å². The van der Waals surface area contributed by atoms with Crippen molar-refractivity contribution in [1.29, 1.82) is 0 Å². The Bertz CT molecular complexity index is 278. The maximum absolute atomic E-state index is 5.69. The normalized spacial score (nSPS) is 18.4. The fraction of sp³-hybridized carbons (Fsp3) is 0.636. The van der Waals surface area contributed by atoms with Gasteiger partial charge in [-0.15, -0.1) is 11.6 Å². The van der Waals surface area contributed by atoms with Crippen molar-refractivity contribution in [2.45, 2.75) is 43.9 Å². The van der Waals surface area contributed by atoms with E-state index in [4.69, 9.17) is 11.6 Å². The summed E-state index contributed by atoms with van der Waals surface area (Å²) in [5, 5.41) is 0. The number of halogens is 1. The van der Waals surface area contributed by atoms with Crippen molar-refractivity contribution in [3.63, 3.8) is 0 Å². The third-order valence-electron chi connectivity index (χ3n) is 2.85. The minimum Gasteiger partial charge on any atom is -0.241 e. The summed E-state index contributed by atoms with van der Waals surface area (Å²) < 4.78 is 0. The second-order valence-electron chi connectivity index (χ2n) is 3.92. The molecule has 0 bridgehead atoms. The number of hydrogen-bond acceptors (Lipinski definition) is 2.